The summed E-state index contributed by atoms with van der Waals surface area (Å²) >= 11 is 9.67. The Balaban J connectivity index is 2.06. The van der Waals surface area contributed by atoms with E-state index in [-0.39, 0.29) is 11.3 Å². The lowest BCUT2D eigenvalue weighted by molar-refractivity contribution is -0.122. The van der Waals surface area contributed by atoms with Gasteiger partial charge in [-0.2, -0.15) is 0 Å². The molecule has 0 radical (unpaired) electrons. The molecule has 0 saturated carbocycles. The maximum absolute atomic E-state index is 12.8. The average Bonchev–Trinajstić information content (AvgIpc) is 2.56. The second-order valence-corrected chi connectivity index (χ2v) is 7.90. The fourth-order valence-corrected chi connectivity index (χ4v) is 3.95. The number of carbonyl (C=O) groups excluding carboxylic acids is 3. The summed E-state index contributed by atoms with van der Waals surface area (Å²) in [7, 11) is 0. The van der Waals surface area contributed by atoms with E-state index < -0.39 is 17.8 Å². The van der Waals surface area contributed by atoms with Crippen molar-refractivity contribution in [2.75, 3.05) is 4.90 Å². The van der Waals surface area contributed by atoms with Crippen molar-refractivity contribution in [3.63, 3.8) is 0 Å². The molecule has 1 heterocycles. The quantitative estimate of drug-likeness (QED) is 0.435. The highest BCUT2D eigenvalue weighted by Gasteiger charge is 2.36. The summed E-state index contributed by atoms with van der Waals surface area (Å²) in [5.74, 6) is -1.53. The van der Waals surface area contributed by atoms with Gasteiger partial charge in [0.2, 0.25) is 0 Å². The summed E-state index contributed by atoms with van der Waals surface area (Å²) in [6, 6.07) is 8.89. The number of rotatable bonds is 2. The highest BCUT2D eigenvalue weighted by Crippen LogP contribution is 2.34. The van der Waals surface area contributed by atoms with Gasteiger partial charge in [-0.3, -0.25) is 14.9 Å². The Labute approximate surface area is 173 Å². The van der Waals surface area contributed by atoms with Crippen LogP contribution in [0.1, 0.15) is 5.56 Å². The molecule has 9 heteroatoms. The van der Waals surface area contributed by atoms with Gasteiger partial charge in [0.1, 0.15) is 11.3 Å². The average molecular weight is 545 g/mol. The Morgan fingerprint density at radius 1 is 1.00 bits per heavy atom. The van der Waals surface area contributed by atoms with Gasteiger partial charge in [-0.25, -0.2) is 9.69 Å². The molecule has 26 heavy (non-hydrogen) atoms. The highest BCUT2D eigenvalue weighted by molar-refractivity contribution is 9.11. The van der Waals surface area contributed by atoms with Crippen LogP contribution in [0.25, 0.3) is 6.08 Å². The van der Waals surface area contributed by atoms with Gasteiger partial charge in [0, 0.05) is 4.47 Å². The van der Waals surface area contributed by atoms with Gasteiger partial charge >= 0.3 is 6.03 Å². The Morgan fingerprint density at radius 2 is 1.65 bits per heavy atom. The van der Waals surface area contributed by atoms with Crippen LogP contribution >= 0.6 is 47.8 Å². The first-order chi connectivity index (χ1) is 12.3. The number of phenols is 1. The van der Waals surface area contributed by atoms with Gasteiger partial charge in [0.05, 0.1) is 14.6 Å². The van der Waals surface area contributed by atoms with Gasteiger partial charge in [-0.1, -0.05) is 22.0 Å². The lowest BCUT2D eigenvalue weighted by Crippen LogP contribution is -2.54. The predicted octanol–water partition coefficient (Wildman–Crippen LogP) is 4.35. The number of urea groups is 1. The minimum Gasteiger partial charge on any atom is -0.506 e. The van der Waals surface area contributed by atoms with Crippen molar-refractivity contribution in [3.05, 3.63) is 61.0 Å². The van der Waals surface area contributed by atoms with E-state index in [4.69, 9.17) is 0 Å². The topological polar surface area (TPSA) is 86.7 Å². The number of anilines is 1. The second kappa shape index (κ2) is 7.34. The number of halogens is 3. The Hall–Kier alpha value is -1.97. The van der Waals surface area contributed by atoms with E-state index in [2.05, 4.69) is 53.1 Å². The number of hydrogen-bond donors (Lipinski definition) is 2. The van der Waals surface area contributed by atoms with Crippen molar-refractivity contribution in [1.82, 2.24) is 5.32 Å². The molecule has 3 rings (SSSR count). The van der Waals surface area contributed by atoms with Crippen molar-refractivity contribution in [3.8, 4) is 5.75 Å². The fraction of sp³-hybridized carbons (Fsp3) is 0. The number of barbiturate groups is 1. The minimum absolute atomic E-state index is 0.00230. The number of aromatic hydroxyl groups is 1. The van der Waals surface area contributed by atoms with Crippen LogP contribution in [-0.2, 0) is 9.59 Å². The van der Waals surface area contributed by atoms with Crippen LogP contribution in [0.2, 0.25) is 0 Å². The molecule has 0 atom stereocenters. The number of phenolic OH excluding ortho intramolecular Hbond substituents is 1. The van der Waals surface area contributed by atoms with E-state index in [1.807, 2.05) is 0 Å². The molecule has 1 saturated heterocycles. The highest BCUT2D eigenvalue weighted by atomic mass is 79.9. The van der Waals surface area contributed by atoms with Crippen LogP contribution in [0.5, 0.6) is 5.75 Å². The van der Waals surface area contributed by atoms with Gasteiger partial charge in [0.25, 0.3) is 11.8 Å². The maximum atomic E-state index is 12.8. The zero-order valence-electron chi connectivity index (χ0n) is 12.8. The molecule has 0 unspecified atom stereocenters. The van der Waals surface area contributed by atoms with Crippen molar-refractivity contribution in [1.29, 1.82) is 0 Å². The molecular weight excluding hydrogens is 536 g/mol. The number of hydrogen-bond acceptors (Lipinski definition) is 4. The van der Waals surface area contributed by atoms with Gasteiger partial charge in [-0.05, 0) is 73.8 Å². The predicted molar refractivity (Wildman–Crippen MR) is 107 cm³/mol. The molecular formula is C17H9Br3N2O4. The number of carbonyl (C=O) groups is 3. The van der Waals surface area contributed by atoms with Crippen LogP contribution in [0.4, 0.5) is 10.5 Å². The van der Waals surface area contributed by atoms with E-state index in [1.165, 1.54) is 6.08 Å². The molecule has 0 bridgehead atoms. The first-order valence-electron chi connectivity index (χ1n) is 7.13. The van der Waals surface area contributed by atoms with Crippen LogP contribution in [-0.4, -0.2) is 23.0 Å². The Kier molecular flexibility index (Phi) is 5.31. The summed E-state index contributed by atoms with van der Waals surface area (Å²) in [5, 5.41) is 11.9. The monoisotopic (exact) mass is 542 g/mol. The molecule has 0 aromatic heterocycles. The molecule has 6 nitrogen and oxygen atoms in total. The van der Waals surface area contributed by atoms with Gasteiger partial charge in [0.15, 0.2) is 0 Å². The molecule has 1 fully saturated rings. The summed E-state index contributed by atoms with van der Waals surface area (Å²) in [4.78, 5) is 38.0. The first kappa shape index (κ1) is 18.8. The normalized spacial score (nSPS) is 16.2. The molecule has 2 aromatic rings. The van der Waals surface area contributed by atoms with Crippen molar-refractivity contribution < 1.29 is 19.5 Å². The summed E-state index contributed by atoms with van der Waals surface area (Å²) in [6.45, 7) is 0. The number of amides is 4. The smallest absolute Gasteiger partial charge is 0.335 e. The molecule has 1 aliphatic heterocycles. The van der Waals surface area contributed by atoms with Crippen molar-refractivity contribution >= 4 is 77.4 Å². The third-order valence-corrected chi connectivity index (χ3v) is 5.22. The Morgan fingerprint density at radius 3 is 2.27 bits per heavy atom. The third kappa shape index (κ3) is 3.60. The van der Waals surface area contributed by atoms with E-state index in [1.54, 1.807) is 36.4 Å². The van der Waals surface area contributed by atoms with Crippen molar-refractivity contribution in [2.45, 2.75) is 0 Å². The van der Waals surface area contributed by atoms with Crippen molar-refractivity contribution in [2.24, 2.45) is 0 Å². The zero-order chi connectivity index (χ0) is 19.0. The van der Waals surface area contributed by atoms with Crippen LogP contribution < -0.4 is 10.2 Å². The second-order valence-electron chi connectivity index (χ2n) is 5.27. The van der Waals surface area contributed by atoms with E-state index in [9.17, 15) is 19.5 Å². The minimum atomic E-state index is -0.816. The standard InChI is InChI=1S/C17H9Br3N2O4/c18-9-2-1-3-10(7-9)22-16(25)11(15(24)21-17(22)26)4-8-5-12(19)14(23)13(20)6-8/h1-7,23H,(H,21,24,26). The molecule has 1 aliphatic rings. The third-order valence-electron chi connectivity index (χ3n) is 3.52. The molecule has 4 amide bonds. The van der Waals surface area contributed by atoms with Crippen LogP contribution in [0.15, 0.2) is 55.4 Å². The number of nitrogens with one attached hydrogen (secondary N) is 1. The number of imide groups is 2. The SMILES string of the molecule is O=C1NC(=O)N(c2cccc(Br)c2)C(=O)C1=Cc1cc(Br)c(O)c(Br)c1. The number of benzene rings is 2. The van der Waals surface area contributed by atoms with E-state index in [0.717, 1.165) is 4.90 Å². The van der Waals surface area contributed by atoms with E-state index in [0.29, 0.717) is 24.7 Å². The molecule has 132 valence electrons. The summed E-state index contributed by atoms with van der Waals surface area (Å²) in [6.07, 6.45) is 1.35. The van der Waals surface area contributed by atoms with Crippen LogP contribution in [0.3, 0.4) is 0 Å². The van der Waals surface area contributed by atoms with Crippen LogP contribution in [0, 0.1) is 0 Å². The molecule has 0 spiro atoms. The molecule has 2 aromatic carbocycles. The van der Waals surface area contributed by atoms with Gasteiger partial charge < -0.3 is 5.11 Å². The molecule has 0 aliphatic carbocycles. The van der Waals surface area contributed by atoms with Gasteiger partial charge in [-0.15, -0.1) is 0 Å². The summed E-state index contributed by atoms with van der Waals surface area (Å²) in [5.41, 5.74) is 0.617. The van der Waals surface area contributed by atoms with E-state index >= 15 is 0 Å². The fourth-order valence-electron chi connectivity index (χ4n) is 2.34. The Bertz CT molecular complexity index is 965. The first-order valence-corrected chi connectivity index (χ1v) is 9.51. The largest absolute Gasteiger partial charge is 0.506 e. The zero-order valence-corrected chi connectivity index (χ0v) is 17.6. The molecule has 2 N–H and O–H groups in total. The maximum Gasteiger partial charge on any atom is 0.335 e. The summed E-state index contributed by atoms with van der Waals surface area (Å²) < 4.78 is 1.47. The lowest BCUT2D eigenvalue weighted by atomic mass is 10.1. The lowest BCUT2D eigenvalue weighted by Gasteiger charge is -2.26. The number of nitrogens with zero attached hydrogens (tertiary/aromatic N) is 1.